The van der Waals surface area contributed by atoms with Gasteiger partial charge in [0.15, 0.2) is 11.6 Å². The van der Waals surface area contributed by atoms with Gasteiger partial charge in [-0.3, -0.25) is 4.90 Å². The van der Waals surface area contributed by atoms with E-state index in [9.17, 15) is 4.39 Å². The highest BCUT2D eigenvalue weighted by atomic mass is 19.1. The van der Waals surface area contributed by atoms with Crippen LogP contribution in [0, 0.1) is 17.0 Å². The lowest BCUT2D eigenvalue weighted by Crippen LogP contribution is -2.59. The van der Waals surface area contributed by atoms with Crippen molar-refractivity contribution in [3.8, 4) is 11.3 Å². The van der Waals surface area contributed by atoms with Crippen LogP contribution in [0.2, 0.25) is 0 Å². The third kappa shape index (κ3) is 4.76. The number of nitrogens with one attached hydrogen (secondary N) is 1. The maximum Gasteiger partial charge on any atom is 0.229 e. The van der Waals surface area contributed by atoms with Gasteiger partial charge in [-0.2, -0.15) is 0 Å². The van der Waals surface area contributed by atoms with E-state index in [1.54, 1.807) is 6.07 Å². The number of likely N-dealkylation sites (tertiary alicyclic amines) is 2. The number of rotatable bonds is 6. The van der Waals surface area contributed by atoms with Gasteiger partial charge in [-0.05, 0) is 81.9 Å². The first-order valence-electron chi connectivity index (χ1n) is 14.6. The standard InChI is InChI=1S/C31H36F2N8/c1-4-39-11-9-31(10-12-39)18-40(19-31)17-20-5-6-25(34-15-20)36-29-35-16-23(33)27(38-29)21-13-22(32)28-24(14-21)41-26(37-28)7-8-30(41,2)3/h5-6,13-16H,4,7-12,17-19H2,1-3H3,(H,34,35,36,38). The second kappa shape index (κ2) is 9.80. The zero-order chi connectivity index (χ0) is 28.4. The Bertz CT molecular complexity index is 1600. The van der Waals surface area contributed by atoms with E-state index in [-0.39, 0.29) is 17.2 Å². The number of halogens is 2. The van der Waals surface area contributed by atoms with Crippen molar-refractivity contribution in [2.24, 2.45) is 5.41 Å². The molecule has 3 aliphatic heterocycles. The molecular formula is C31H36F2N8. The maximum absolute atomic E-state index is 15.1. The summed E-state index contributed by atoms with van der Waals surface area (Å²) in [6.45, 7) is 13.2. The number of pyridine rings is 1. The summed E-state index contributed by atoms with van der Waals surface area (Å²) in [6, 6.07) is 7.01. The molecule has 2 fully saturated rings. The Hall–Kier alpha value is -3.50. The van der Waals surface area contributed by atoms with Crippen LogP contribution in [0.4, 0.5) is 20.5 Å². The normalized spacial score (nSPS) is 19.9. The molecule has 0 amide bonds. The lowest BCUT2D eigenvalue weighted by Gasteiger charge is -2.54. The fourth-order valence-electron chi connectivity index (χ4n) is 6.96. The third-order valence-electron chi connectivity index (χ3n) is 9.32. The lowest BCUT2D eigenvalue weighted by molar-refractivity contribution is -0.0502. The average Bonchev–Trinajstić information content (AvgIpc) is 3.47. The summed E-state index contributed by atoms with van der Waals surface area (Å²) < 4.78 is 32.1. The molecule has 3 aromatic heterocycles. The van der Waals surface area contributed by atoms with Crippen molar-refractivity contribution >= 4 is 22.8 Å². The molecule has 0 bridgehead atoms. The number of hydrogen-bond acceptors (Lipinski definition) is 7. The van der Waals surface area contributed by atoms with Crippen LogP contribution in [-0.2, 0) is 18.5 Å². The number of fused-ring (bicyclic) bond motifs is 3. The molecule has 214 valence electrons. The van der Waals surface area contributed by atoms with Gasteiger partial charge in [0.25, 0.3) is 0 Å². The van der Waals surface area contributed by atoms with Crippen LogP contribution in [0.1, 0.15) is 51.4 Å². The van der Waals surface area contributed by atoms with Crippen molar-refractivity contribution in [2.75, 3.05) is 38.0 Å². The largest absolute Gasteiger partial charge is 0.322 e. The van der Waals surface area contributed by atoms with Gasteiger partial charge in [0.2, 0.25) is 5.95 Å². The SMILES string of the molecule is CCN1CCC2(CC1)CN(Cc1ccc(Nc3ncc(F)c(-c4cc(F)c5nc6n(c5c4)C(C)(C)CC6)n3)nc1)C2. The monoisotopic (exact) mass is 558 g/mol. The average molecular weight is 559 g/mol. The second-order valence-electron chi connectivity index (χ2n) is 12.6. The number of aryl methyl sites for hydroxylation is 1. The molecule has 0 atom stereocenters. The Morgan fingerprint density at radius 1 is 0.927 bits per heavy atom. The van der Waals surface area contributed by atoms with Crippen molar-refractivity contribution in [1.29, 1.82) is 0 Å². The predicted octanol–water partition coefficient (Wildman–Crippen LogP) is 5.51. The van der Waals surface area contributed by atoms with E-state index in [1.165, 1.54) is 32.0 Å². The highest BCUT2D eigenvalue weighted by molar-refractivity contribution is 5.83. The summed E-state index contributed by atoms with van der Waals surface area (Å²) in [5.74, 6) is 0.511. The summed E-state index contributed by atoms with van der Waals surface area (Å²) in [5, 5.41) is 3.08. The highest BCUT2D eigenvalue weighted by Gasteiger charge is 2.44. The molecule has 0 saturated carbocycles. The van der Waals surface area contributed by atoms with Crippen LogP contribution in [0.25, 0.3) is 22.3 Å². The minimum absolute atomic E-state index is 0.0303. The smallest absolute Gasteiger partial charge is 0.229 e. The molecule has 6 heterocycles. The number of hydrogen-bond donors (Lipinski definition) is 1. The summed E-state index contributed by atoms with van der Waals surface area (Å²) in [7, 11) is 0. The third-order valence-corrected chi connectivity index (χ3v) is 9.32. The van der Waals surface area contributed by atoms with Crippen molar-refractivity contribution in [1.82, 2.24) is 34.3 Å². The van der Waals surface area contributed by atoms with Crippen molar-refractivity contribution < 1.29 is 8.78 Å². The van der Waals surface area contributed by atoms with Gasteiger partial charge in [0, 0.05) is 43.4 Å². The van der Waals surface area contributed by atoms with E-state index in [2.05, 4.69) is 66.5 Å². The lowest BCUT2D eigenvalue weighted by atomic mass is 9.72. The van der Waals surface area contributed by atoms with E-state index in [0.29, 0.717) is 27.8 Å². The molecule has 0 radical (unpaired) electrons. The molecule has 0 unspecified atom stereocenters. The minimum Gasteiger partial charge on any atom is -0.322 e. The Morgan fingerprint density at radius 3 is 2.46 bits per heavy atom. The van der Waals surface area contributed by atoms with Gasteiger partial charge in [-0.1, -0.05) is 13.0 Å². The van der Waals surface area contributed by atoms with Crippen molar-refractivity contribution in [3.05, 3.63) is 59.7 Å². The van der Waals surface area contributed by atoms with Crippen LogP contribution < -0.4 is 5.32 Å². The zero-order valence-electron chi connectivity index (χ0n) is 23.9. The van der Waals surface area contributed by atoms with Crippen LogP contribution >= 0.6 is 0 Å². The number of nitrogens with zero attached hydrogens (tertiary/aromatic N) is 7. The molecule has 1 aromatic carbocycles. The molecule has 3 aliphatic rings. The Kier molecular flexibility index (Phi) is 6.31. The summed E-state index contributed by atoms with van der Waals surface area (Å²) >= 11 is 0. The first kappa shape index (κ1) is 26.4. The molecule has 1 spiro atoms. The number of aromatic nitrogens is 5. The fourth-order valence-corrected chi connectivity index (χ4v) is 6.96. The number of piperidine rings is 1. The molecule has 1 N–H and O–H groups in total. The molecule has 2 saturated heterocycles. The van der Waals surface area contributed by atoms with Crippen molar-refractivity contribution in [2.45, 2.75) is 58.5 Å². The summed E-state index contributed by atoms with van der Waals surface area (Å²) in [6.07, 6.45) is 7.27. The first-order chi connectivity index (χ1) is 19.7. The van der Waals surface area contributed by atoms with Gasteiger partial charge in [0.05, 0.1) is 11.7 Å². The Morgan fingerprint density at radius 2 is 1.73 bits per heavy atom. The first-order valence-corrected chi connectivity index (χ1v) is 14.6. The van der Waals surface area contributed by atoms with E-state index in [0.717, 1.165) is 56.6 Å². The summed E-state index contributed by atoms with van der Waals surface area (Å²) in [4.78, 5) is 22.6. The van der Waals surface area contributed by atoms with Gasteiger partial charge in [0.1, 0.15) is 22.9 Å². The van der Waals surface area contributed by atoms with Crippen LogP contribution in [-0.4, -0.2) is 67.0 Å². The number of benzene rings is 1. The van der Waals surface area contributed by atoms with Crippen LogP contribution in [0.5, 0.6) is 0 Å². The second-order valence-corrected chi connectivity index (χ2v) is 12.6. The van der Waals surface area contributed by atoms with E-state index < -0.39 is 11.6 Å². The fraction of sp³-hybridized carbons (Fsp3) is 0.484. The van der Waals surface area contributed by atoms with Crippen molar-refractivity contribution in [3.63, 3.8) is 0 Å². The molecule has 10 heteroatoms. The van der Waals surface area contributed by atoms with E-state index in [1.807, 2.05) is 12.3 Å². The van der Waals surface area contributed by atoms with Gasteiger partial charge in [-0.25, -0.2) is 28.7 Å². The topological polar surface area (TPSA) is 75.0 Å². The minimum atomic E-state index is -0.620. The zero-order valence-corrected chi connectivity index (χ0v) is 23.9. The van der Waals surface area contributed by atoms with Crippen LogP contribution in [0.3, 0.4) is 0 Å². The molecule has 41 heavy (non-hydrogen) atoms. The Balaban J connectivity index is 1.05. The predicted molar refractivity (Wildman–Crippen MR) is 155 cm³/mol. The van der Waals surface area contributed by atoms with Gasteiger partial charge in [-0.15, -0.1) is 0 Å². The highest BCUT2D eigenvalue weighted by Crippen LogP contribution is 2.41. The number of imidazole rings is 1. The quantitative estimate of drug-likeness (QED) is 0.335. The summed E-state index contributed by atoms with van der Waals surface area (Å²) in [5.41, 5.74) is 2.80. The van der Waals surface area contributed by atoms with E-state index >= 15 is 4.39 Å². The molecule has 8 nitrogen and oxygen atoms in total. The van der Waals surface area contributed by atoms with Gasteiger partial charge < -0.3 is 14.8 Å². The molecular weight excluding hydrogens is 522 g/mol. The van der Waals surface area contributed by atoms with Crippen LogP contribution in [0.15, 0.2) is 36.7 Å². The Labute approximate surface area is 238 Å². The maximum atomic E-state index is 15.1. The number of anilines is 2. The van der Waals surface area contributed by atoms with Gasteiger partial charge >= 0.3 is 0 Å². The molecule has 4 aromatic rings. The molecule has 7 rings (SSSR count). The molecule has 0 aliphatic carbocycles. The van der Waals surface area contributed by atoms with E-state index in [4.69, 9.17) is 0 Å².